The zero-order valence-corrected chi connectivity index (χ0v) is 15.4. The predicted molar refractivity (Wildman–Crippen MR) is 100 cm³/mol. The molecule has 2 aromatic rings. The molecular weight excluding hydrogens is 352 g/mol. The Morgan fingerprint density at radius 1 is 1.08 bits per heavy atom. The first-order chi connectivity index (χ1) is 12.5. The molecule has 0 unspecified atom stereocenters. The smallest absolute Gasteiger partial charge is 0.253 e. The molecule has 0 saturated carbocycles. The number of likely N-dealkylation sites (N-methyl/N-ethyl adjacent to an activating group) is 1. The first-order valence-electron chi connectivity index (χ1n) is 8.49. The van der Waals surface area contributed by atoms with E-state index in [-0.39, 0.29) is 17.0 Å². The molecule has 1 aromatic carbocycles. The quantitative estimate of drug-likeness (QED) is 0.834. The number of halogens is 1. The lowest BCUT2D eigenvalue weighted by molar-refractivity contribution is 0.0664. The third-order valence-electron chi connectivity index (χ3n) is 4.43. The van der Waals surface area contributed by atoms with Gasteiger partial charge < -0.3 is 15.1 Å². The van der Waals surface area contributed by atoms with Crippen LogP contribution in [0.15, 0.2) is 42.6 Å². The van der Waals surface area contributed by atoms with Crippen molar-refractivity contribution in [1.82, 2.24) is 20.1 Å². The largest absolute Gasteiger partial charge is 0.348 e. The Bertz CT molecular complexity index is 786. The molecule has 6 nitrogen and oxygen atoms in total. The Morgan fingerprint density at radius 2 is 1.77 bits per heavy atom. The number of amides is 2. The molecule has 7 heteroatoms. The molecule has 2 amide bonds. The Morgan fingerprint density at radius 3 is 2.42 bits per heavy atom. The van der Waals surface area contributed by atoms with Crippen molar-refractivity contribution in [2.75, 3.05) is 33.2 Å². The highest BCUT2D eigenvalue weighted by atomic mass is 35.5. The number of carbonyl (C=O) groups excluding carboxylic acids is 2. The molecule has 1 fully saturated rings. The first-order valence-corrected chi connectivity index (χ1v) is 8.87. The van der Waals surface area contributed by atoms with Crippen LogP contribution in [0.25, 0.3) is 0 Å². The lowest BCUT2D eigenvalue weighted by Gasteiger charge is -2.32. The normalized spacial score (nSPS) is 14.9. The van der Waals surface area contributed by atoms with Crippen LogP contribution in [0.5, 0.6) is 0 Å². The van der Waals surface area contributed by atoms with E-state index in [0.29, 0.717) is 17.7 Å². The molecule has 0 radical (unpaired) electrons. The maximum absolute atomic E-state index is 12.5. The van der Waals surface area contributed by atoms with Crippen molar-refractivity contribution in [3.63, 3.8) is 0 Å². The molecule has 0 bridgehead atoms. The van der Waals surface area contributed by atoms with Gasteiger partial charge in [0.15, 0.2) is 0 Å². The maximum Gasteiger partial charge on any atom is 0.253 e. The summed E-state index contributed by atoms with van der Waals surface area (Å²) in [5.74, 6) is -0.160. The molecule has 3 rings (SSSR count). The van der Waals surface area contributed by atoms with E-state index in [9.17, 15) is 9.59 Å². The molecule has 2 heterocycles. The fraction of sp³-hybridized carbons (Fsp3) is 0.316. The van der Waals surface area contributed by atoms with Gasteiger partial charge in [-0.3, -0.25) is 9.59 Å². The van der Waals surface area contributed by atoms with Crippen LogP contribution in [0.4, 0.5) is 0 Å². The number of hydrogen-bond donors (Lipinski definition) is 1. The number of carbonyl (C=O) groups is 2. The van der Waals surface area contributed by atoms with Crippen LogP contribution < -0.4 is 5.32 Å². The van der Waals surface area contributed by atoms with Gasteiger partial charge in [0.1, 0.15) is 5.15 Å². The summed E-state index contributed by atoms with van der Waals surface area (Å²) in [6.45, 7) is 3.68. The minimum absolute atomic E-state index is 0.0557. The molecule has 1 saturated heterocycles. The predicted octanol–water partition coefficient (Wildman–Crippen LogP) is 2.05. The van der Waals surface area contributed by atoms with Gasteiger partial charge in [-0.1, -0.05) is 23.7 Å². The van der Waals surface area contributed by atoms with Crippen LogP contribution in [0.1, 0.15) is 26.3 Å². The molecule has 136 valence electrons. The van der Waals surface area contributed by atoms with Crippen LogP contribution in [0.3, 0.4) is 0 Å². The Balaban J connectivity index is 1.56. The van der Waals surface area contributed by atoms with Crippen molar-refractivity contribution in [3.05, 3.63) is 64.4 Å². The monoisotopic (exact) mass is 372 g/mol. The molecule has 1 N–H and O–H groups in total. The molecular formula is C19H21ClN4O2. The number of aromatic nitrogens is 1. The van der Waals surface area contributed by atoms with Gasteiger partial charge >= 0.3 is 0 Å². The summed E-state index contributed by atoms with van der Waals surface area (Å²) in [5.41, 5.74) is 2.06. The minimum Gasteiger partial charge on any atom is -0.348 e. The summed E-state index contributed by atoms with van der Waals surface area (Å²) in [6.07, 6.45) is 1.50. The lowest BCUT2D eigenvalue weighted by atomic mass is 10.1. The van der Waals surface area contributed by atoms with Crippen molar-refractivity contribution < 1.29 is 9.59 Å². The number of nitrogens with one attached hydrogen (secondary N) is 1. The molecule has 0 spiro atoms. The van der Waals surface area contributed by atoms with Gasteiger partial charge in [-0.25, -0.2) is 4.98 Å². The number of piperazine rings is 1. The zero-order chi connectivity index (χ0) is 18.5. The van der Waals surface area contributed by atoms with Crippen LogP contribution in [0, 0.1) is 0 Å². The lowest BCUT2D eigenvalue weighted by Crippen LogP contribution is -2.47. The van der Waals surface area contributed by atoms with E-state index in [4.69, 9.17) is 11.6 Å². The van der Waals surface area contributed by atoms with E-state index in [1.165, 1.54) is 12.3 Å². The molecule has 0 aliphatic carbocycles. The highest BCUT2D eigenvalue weighted by molar-refractivity contribution is 6.29. The van der Waals surface area contributed by atoms with Gasteiger partial charge in [0.2, 0.25) is 0 Å². The van der Waals surface area contributed by atoms with Crippen LogP contribution >= 0.6 is 11.6 Å². The zero-order valence-electron chi connectivity index (χ0n) is 14.6. The number of nitrogens with zero attached hydrogens (tertiary/aromatic N) is 3. The Hall–Kier alpha value is -2.44. The SMILES string of the molecule is CN1CCN(C(=O)c2ccc(CNC(=O)c3ccnc(Cl)c3)cc2)CC1. The van der Waals surface area contributed by atoms with Crippen LogP contribution in [-0.2, 0) is 6.54 Å². The van der Waals surface area contributed by atoms with Crippen molar-refractivity contribution in [1.29, 1.82) is 0 Å². The Kier molecular flexibility index (Phi) is 5.85. The van der Waals surface area contributed by atoms with Gasteiger partial charge in [0.05, 0.1) is 0 Å². The van der Waals surface area contributed by atoms with Gasteiger partial charge in [0, 0.05) is 50.0 Å². The second-order valence-corrected chi connectivity index (χ2v) is 6.73. The fourth-order valence-electron chi connectivity index (χ4n) is 2.79. The van der Waals surface area contributed by atoms with Crippen molar-refractivity contribution in [3.8, 4) is 0 Å². The third kappa shape index (κ3) is 4.59. The first kappa shape index (κ1) is 18.4. The van der Waals surface area contributed by atoms with E-state index in [0.717, 1.165) is 31.7 Å². The highest BCUT2D eigenvalue weighted by Crippen LogP contribution is 2.11. The maximum atomic E-state index is 12.5. The van der Waals surface area contributed by atoms with E-state index in [2.05, 4.69) is 22.2 Å². The summed E-state index contributed by atoms with van der Waals surface area (Å²) < 4.78 is 0. The molecule has 1 aliphatic heterocycles. The van der Waals surface area contributed by atoms with Gasteiger partial charge in [-0.2, -0.15) is 0 Å². The van der Waals surface area contributed by atoms with Gasteiger partial charge in [0.25, 0.3) is 11.8 Å². The standard InChI is InChI=1S/C19H21ClN4O2/c1-23-8-10-24(11-9-23)19(26)15-4-2-14(3-5-15)13-22-18(25)16-6-7-21-17(20)12-16/h2-7,12H,8-11,13H2,1H3,(H,22,25). The average molecular weight is 373 g/mol. The molecule has 0 atom stereocenters. The fourth-order valence-corrected chi connectivity index (χ4v) is 2.96. The van der Waals surface area contributed by atoms with E-state index >= 15 is 0 Å². The summed E-state index contributed by atoms with van der Waals surface area (Å²) in [5, 5.41) is 3.12. The molecule has 26 heavy (non-hydrogen) atoms. The van der Waals surface area contributed by atoms with E-state index in [1.54, 1.807) is 6.07 Å². The summed E-state index contributed by atoms with van der Waals surface area (Å²) in [6, 6.07) is 10.5. The summed E-state index contributed by atoms with van der Waals surface area (Å²) >= 11 is 5.80. The summed E-state index contributed by atoms with van der Waals surface area (Å²) in [4.78, 5) is 32.6. The second-order valence-electron chi connectivity index (χ2n) is 6.34. The third-order valence-corrected chi connectivity index (χ3v) is 4.64. The van der Waals surface area contributed by atoms with E-state index < -0.39 is 0 Å². The number of pyridine rings is 1. The minimum atomic E-state index is -0.216. The molecule has 1 aromatic heterocycles. The van der Waals surface area contributed by atoms with Crippen molar-refractivity contribution >= 4 is 23.4 Å². The number of hydrogen-bond acceptors (Lipinski definition) is 4. The number of benzene rings is 1. The van der Waals surface area contributed by atoms with Gasteiger partial charge in [-0.05, 0) is 36.9 Å². The topological polar surface area (TPSA) is 65.5 Å². The van der Waals surface area contributed by atoms with Gasteiger partial charge in [-0.15, -0.1) is 0 Å². The molecule has 1 aliphatic rings. The van der Waals surface area contributed by atoms with Crippen molar-refractivity contribution in [2.24, 2.45) is 0 Å². The van der Waals surface area contributed by atoms with E-state index in [1.807, 2.05) is 29.2 Å². The number of rotatable bonds is 4. The average Bonchev–Trinajstić information content (AvgIpc) is 2.66. The van der Waals surface area contributed by atoms with Crippen LogP contribution in [-0.4, -0.2) is 59.8 Å². The second kappa shape index (κ2) is 8.29. The summed E-state index contributed by atoms with van der Waals surface area (Å²) in [7, 11) is 2.06. The highest BCUT2D eigenvalue weighted by Gasteiger charge is 2.20. The Labute approximate surface area is 157 Å². The van der Waals surface area contributed by atoms with Crippen LogP contribution in [0.2, 0.25) is 5.15 Å². The van der Waals surface area contributed by atoms with Crippen molar-refractivity contribution in [2.45, 2.75) is 6.54 Å².